The highest BCUT2D eigenvalue weighted by Crippen LogP contribution is 2.30. The highest BCUT2D eigenvalue weighted by Gasteiger charge is 2.36. The van der Waals surface area contributed by atoms with Crippen LogP contribution in [0.5, 0.6) is 0 Å². The second-order valence-electron chi connectivity index (χ2n) is 5.22. The molecule has 0 bridgehead atoms. The molecule has 3 aromatic rings. The first kappa shape index (κ1) is 17.2. The molecule has 0 aliphatic heterocycles. The zero-order valence-electron chi connectivity index (χ0n) is 13.5. The third-order valence-electron chi connectivity index (χ3n) is 3.56. The number of thiophene rings is 1. The lowest BCUT2D eigenvalue weighted by molar-refractivity contribution is 0.258. The van der Waals surface area contributed by atoms with E-state index in [0.717, 1.165) is 0 Å². The largest absolute Gasteiger partial charge is 0.343 e. The number of anilines is 2. The van der Waals surface area contributed by atoms with Gasteiger partial charge in [0.1, 0.15) is 0 Å². The molecule has 2 amide bonds. The van der Waals surface area contributed by atoms with Gasteiger partial charge in [-0.05, 0) is 37.4 Å². The first-order valence-electron chi connectivity index (χ1n) is 7.27. The van der Waals surface area contributed by atoms with Crippen LogP contribution >= 0.6 is 11.3 Å². The van der Waals surface area contributed by atoms with Crippen molar-refractivity contribution < 1.29 is 17.7 Å². The first-order valence-corrected chi connectivity index (χ1v) is 9.66. The van der Waals surface area contributed by atoms with Gasteiger partial charge in [0.15, 0.2) is 0 Å². The molecule has 0 fully saturated rings. The molecule has 0 aliphatic rings. The number of nitrogens with one attached hydrogen (secondary N) is 1. The van der Waals surface area contributed by atoms with Gasteiger partial charge in [0.2, 0.25) is 0 Å². The van der Waals surface area contributed by atoms with Crippen molar-refractivity contribution in [3.05, 3.63) is 58.4 Å². The summed E-state index contributed by atoms with van der Waals surface area (Å²) in [5.41, 5.74) is 1.45. The number of sulfonamides is 1. The summed E-state index contributed by atoms with van der Waals surface area (Å²) in [7, 11) is -4.14. The summed E-state index contributed by atoms with van der Waals surface area (Å²) >= 11 is 1.22. The number of amides is 2. The predicted molar refractivity (Wildman–Crippen MR) is 95.4 cm³/mol. The maximum Gasteiger partial charge on any atom is 0.343 e. The topological polar surface area (TPSA) is 92.5 Å². The Morgan fingerprint density at radius 1 is 1.20 bits per heavy atom. The van der Waals surface area contributed by atoms with E-state index < -0.39 is 16.1 Å². The molecule has 0 saturated carbocycles. The van der Waals surface area contributed by atoms with Crippen LogP contribution in [0.2, 0.25) is 0 Å². The molecule has 7 nitrogen and oxygen atoms in total. The Balaban J connectivity index is 2.06. The van der Waals surface area contributed by atoms with E-state index in [-0.39, 0.29) is 10.8 Å². The molecular weight excluding hydrogens is 362 g/mol. The van der Waals surface area contributed by atoms with Crippen LogP contribution in [0.25, 0.3) is 0 Å². The van der Waals surface area contributed by atoms with Crippen molar-refractivity contribution in [2.24, 2.45) is 0 Å². The van der Waals surface area contributed by atoms with Crippen LogP contribution in [0.3, 0.4) is 0 Å². The van der Waals surface area contributed by atoms with Crippen LogP contribution in [0, 0.1) is 13.8 Å². The van der Waals surface area contributed by atoms with Gasteiger partial charge in [-0.25, -0.2) is 13.2 Å². The van der Waals surface area contributed by atoms with E-state index in [2.05, 4.69) is 10.5 Å². The van der Waals surface area contributed by atoms with Gasteiger partial charge in [0.25, 0.3) is 15.9 Å². The number of nitrogens with zero attached hydrogens (tertiary/aromatic N) is 2. The summed E-state index contributed by atoms with van der Waals surface area (Å²) in [6.07, 6.45) is 0. The Morgan fingerprint density at radius 2 is 1.92 bits per heavy atom. The van der Waals surface area contributed by atoms with Gasteiger partial charge in [-0.2, -0.15) is 11.3 Å². The highest BCUT2D eigenvalue weighted by molar-refractivity contribution is 7.93. The van der Waals surface area contributed by atoms with E-state index in [0.29, 0.717) is 21.2 Å². The van der Waals surface area contributed by atoms with Gasteiger partial charge in [0, 0.05) is 16.6 Å². The molecule has 0 aliphatic carbocycles. The van der Waals surface area contributed by atoms with Crippen LogP contribution in [-0.4, -0.2) is 19.6 Å². The fourth-order valence-corrected chi connectivity index (χ4v) is 4.46. The first-order chi connectivity index (χ1) is 11.9. The maximum atomic E-state index is 13.0. The highest BCUT2D eigenvalue weighted by atomic mass is 32.2. The average molecular weight is 377 g/mol. The van der Waals surface area contributed by atoms with Gasteiger partial charge < -0.3 is 9.84 Å². The number of para-hydroxylation sites is 1. The minimum absolute atomic E-state index is 0.00849. The molecule has 2 aromatic heterocycles. The zero-order chi connectivity index (χ0) is 18.0. The fourth-order valence-electron chi connectivity index (χ4n) is 2.10. The lowest BCUT2D eigenvalue weighted by atomic mass is 10.3. The Bertz CT molecular complexity index is 980. The quantitative estimate of drug-likeness (QED) is 0.747. The van der Waals surface area contributed by atoms with E-state index in [9.17, 15) is 13.2 Å². The number of carbonyl (C=O) groups excluding carboxylic acids is 1. The van der Waals surface area contributed by atoms with Crippen LogP contribution in [0.1, 0.15) is 11.3 Å². The number of hydrogen-bond acceptors (Lipinski definition) is 6. The van der Waals surface area contributed by atoms with Gasteiger partial charge in [-0.1, -0.05) is 23.4 Å². The maximum absolute atomic E-state index is 13.0. The van der Waals surface area contributed by atoms with Crippen LogP contribution in [0.4, 0.5) is 16.4 Å². The number of urea groups is 1. The monoisotopic (exact) mass is 377 g/mol. The summed E-state index contributed by atoms with van der Waals surface area (Å²) < 4.78 is 31.7. The fraction of sp³-hybridized carbons (Fsp3) is 0.125. The average Bonchev–Trinajstić information content (AvgIpc) is 3.22. The number of hydrogen-bond donors (Lipinski definition) is 1. The molecule has 9 heteroatoms. The Morgan fingerprint density at radius 3 is 2.48 bits per heavy atom. The van der Waals surface area contributed by atoms with E-state index in [1.54, 1.807) is 49.6 Å². The Kier molecular flexibility index (Phi) is 4.60. The van der Waals surface area contributed by atoms with Crippen LogP contribution in [-0.2, 0) is 10.0 Å². The Labute approximate surface area is 148 Å². The molecular formula is C16H15N3O4S2. The number of carbonyl (C=O) groups is 1. The van der Waals surface area contributed by atoms with Crippen molar-refractivity contribution in [2.45, 2.75) is 18.7 Å². The third kappa shape index (κ3) is 3.28. The zero-order valence-corrected chi connectivity index (χ0v) is 15.1. The Hall–Kier alpha value is -2.65. The van der Waals surface area contributed by atoms with Gasteiger partial charge in [-0.15, -0.1) is 4.31 Å². The van der Waals surface area contributed by atoms with Crippen molar-refractivity contribution in [1.82, 2.24) is 5.16 Å². The van der Waals surface area contributed by atoms with Gasteiger partial charge in [0.05, 0.1) is 10.6 Å². The second kappa shape index (κ2) is 6.69. The van der Waals surface area contributed by atoms with Crippen molar-refractivity contribution in [3.8, 4) is 0 Å². The molecule has 25 heavy (non-hydrogen) atoms. The molecule has 1 N–H and O–H groups in total. The molecule has 3 rings (SSSR count). The van der Waals surface area contributed by atoms with Crippen LogP contribution in [0.15, 0.2) is 56.6 Å². The lowest BCUT2D eigenvalue weighted by Crippen LogP contribution is -2.40. The molecule has 130 valence electrons. The molecule has 0 unspecified atom stereocenters. The summed E-state index contributed by atoms with van der Waals surface area (Å²) in [6.45, 7) is 3.32. The van der Waals surface area contributed by atoms with Crippen molar-refractivity contribution in [1.29, 1.82) is 0 Å². The van der Waals surface area contributed by atoms with E-state index in [1.807, 2.05) is 0 Å². The van der Waals surface area contributed by atoms with E-state index in [4.69, 9.17) is 4.52 Å². The second-order valence-corrected chi connectivity index (χ2v) is 7.79. The molecule has 2 heterocycles. The third-order valence-corrected chi connectivity index (χ3v) is 6.05. The molecule has 1 aromatic carbocycles. The summed E-state index contributed by atoms with van der Waals surface area (Å²) in [5.74, 6) is -0.128. The van der Waals surface area contributed by atoms with Crippen molar-refractivity contribution in [2.75, 3.05) is 9.62 Å². The van der Waals surface area contributed by atoms with Crippen LogP contribution < -0.4 is 9.62 Å². The van der Waals surface area contributed by atoms with Crippen molar-refractivity contribution in [3.63, 3.8) is 0 Å². The molecule has 0 atom stereocenters. The number of rotatable bonds is 4. The summed E-state index contributed by atoms with van der Waals surface area (Å²) in [4.78, 5) is 12.8. The molecule has 0 radical (unpaired) electrons. The standard InChI is InChI=1S/C16H15N3O4S2/c1-11-12(2)18-23-15(11)19(25(21,22)14-8-9-24-10-14)16(20)17-13-6-4-3-5-7-13/h3-10H,1-2H3,(H,17,20). The number of aromatic nitrogens is 1. The normalized spacial score (nSPS) is 11.3. The predicted octanol–water partition coefficient (Wildman–Crippen LogP) is 3.78. The van der Waals surface area contributed by atoms with E-state index >= 15 is 0 Å². The van der Waals surface area contributed by atoms with E-state index in [1.165, 1.54) is 22.8 Å². The minimum atomic E-state index is -4.14. The molecule has 0 spiro atoms. The molecule has 0 saturated heterocycles. The summed E-state index contributed by atoms with van der Waals surface area (Å²) in [5, 5.41) is 9.41. The number of aryl methyl sites for hydroxylation is 1. The van der Waals surface area contributed by atoms with Gasteiger partial charge in [-0.3, -0.25) is 0 Å². The number of benzene rings is 1. The van der Waals surface area contributed by atoms with Gasteiger partial charge >= 0.3 is 6.03 Å². The smallest absolute Gasteiger partial charge is 0.337 e. The van der Waals surface area contributed by atoms with Crippen molar-refractivity contribution >= 4 is 39.0 Å². The minimum Gasteiger partial charge on any atom is -0.337 e. The summed E-state index contributed by atoms with van der Waals surface area (Å²) in [6, 6.07) is 9.16. The lowest BCUT2D eigenvalue weighted by Gasteiger charge is -2.20. The SMILES string of the molecule is Cc1noc(N(C(=O)Nc2ccccc2)S(=O)(=O)c2ccsc2)c1C.